The first-order valence-corrected chi connectivity index (χ1v) is 5.62. The molecule has 0 N–H and O–H groups in total. The zero-order valence-electron chi connectivity index (χ0n) is 11.0. The molecular weight excluding hydrogens is 219 g/mol. The van der Waals surface area contributed by atoms with Gasteiger partial charge in [-0.15, -0.1) is 0 Å². The average Bonchev–Trinajstić information content (AvgIpc) is 2.15. The Morgan fingerprint density at radius 2 is 1.76 bits per heavy atom. The van der Waals surface area contributed by atoms with E-state index in [1.807, 2.05) is 20.8 Å². The topological polar surface area (TPSA) is 26.3 Å². The number of esters is 1. The highest BCUT2D eigenvalue weighted by atomic mass is 19.1. The number of rotatable bonds is 2. The summed E-state index contributed by atoms with van der Waals surface area (Å²) in [4.78, 5) is 12.0. The van der Waals surface area contributed by atoms with Gasteiger partial charge in [-0.2, -0.15) is 0 Å². The molecular formula is C14H19FO2. The van der Waals surface area contributed by atoms with Crippen LogP contribution in [0.25, 0.3) is 0 Å². The second-order valence-corrected chi connectivity index (χ2v) is 5.64. The number of halogens is 1. The molecule has 0 unspecified atom stereocenters. The number of hydrogen-bond acceptors (Lipinski definition) is 2. The van der Waals surface area contributed by atoms with Crippen LogP contribution in [0.5, 0.6) is 0 Å². The number of benzene rings is 1. The highest BCUT2D eigenvalue weighted by Crippen LogP contribution is 2.27. The lowest BCUT2D eigenvalue weighted by atomic mass is 9.84. The van der Waals surface area contributed by atoms with E-state index < -0.39 is 11.0 Å². The van der Waals surface area contributed by atoms with Gasteiger partial charge in [-0.05, 0) is 52.3 Å². The van der Waals surface area contributed by atoms with Gasteiger partial charge in [-0.3, -0.25) is 4.79 Å². The third kappa shape index (κ3) is 3.55. The van der Waals surface area contributed by atoms with E-state index >= 15 is 0 Å². The van der Waals surface area contributed by atoms with Crippen LogP contribution in [0.3, 0.4) is 0 Å². The molecule has 0 fully saturated rings. The first-order valence-electron chi connectivity index (χ1n) is 5.62. The lowest BCUT2D eigenvalue weighted by Gasteiger charge is -2.28. The normalized spacial score (nSPS) is 12.4. The summed E-state index contributed by atoms with van der Waals surface area (Å²) in [6.45, 7) is 8.90. The van der Waals surface area contributed by atoms with Crippen molar-refractivity contribution in [1.82, 2.24) is 0 Å². The zero-order valence-corrected chi connectivity index (χ0v) is 11.0. The minimum Gasteiger partial charge on any atom is -0.459 e. The van der Waals surface area contributed by atoms with Gasteiger partial charge < -0.3 is 4.74 Å². The Labute approximate surface area is 102 Å². The molecule has 94 valence electrons. The molecule has 0 aliphatic heterocycles. The van der Waals surface area contributed by atoms with Gasteiger partial charge in [-0.1, -0.05) is 12.1 Å². The standard InChI is InChI=1S/C14H19FO2/c1-13(2,3)17-12(16)14(4,5)10-7-6-8-11(15)9-10/h6-9H,1-5H3. The van der Waals surface area contributed by atoms with Gasteiger partial charge in [0.25, 0.3) is 0 Å². The summed E-state index contributed by atoms with van der Waals surface area (Å²) < 4.78 is 18.5. The third-order valence-electron chi connectivity index (χ3n) is 2.46. The van der Waals surface area contributed by atoms with Crippen molar-refractivity contribution >= 4 is 5.97 Å². The number of carbonyl (C=O) groups is 1. The molecule has 0 heterocycles. The first kappa shape index (κ1) is 13.7. The Kier molecular flexibility index (Phi) is 3.60. The molecule has 17 heavy (non-hydrogen) atoms. The predicted molar refractivity (Wildman–Crippen MR) is 65.3 cm³/mol. The Bertz CT molecular complexity index is 416. The van der Waals surface area contributed by atoms with Gasteiger partial charge in [0.15, 0.2) is 0 Å². The molecule has 1 aromatic rings. The fourth-order valence-corrected chi connectivity index (χ4v) is 1.40. The molecule has 0 aliphatic rings. The summed E-state index contributed by atoms with van der Waals surface area (Å²) >= 11 is 0. The Morgan fingerprint density at radius 3 is 2.24 bits per heavy atom. The van der Waals surface area contributed by atoms with Crippen LogP contribution in [0.1, 0.15) is 40.2 Å². The van der Waals surface area contributed by atoms with E-state index in [9.17, 15) is 9.18 Å². The van der Waals surface area contributed by atoms with E-state index in [4.69, 9.17) is 4.74 Å². The summed E-state index contributed by atoms with van der Waals surface area (Å²) in [6.07, 6.45) is 0. The molecule has 2 nitrogen and oxygen atoms in total. The molecule has 0 saturated carbocycles. The molecule has 0 aliphatic carbocycles. The smallest absolute Gasteiger partial charge is 0.316 e. The van der Waals surface area contributed by atoms with Crippen molar-refractivity contribution in [3.05, 3.63) is 35.6 Å². The van der Waals surface area contributed by atoms with Gasteiger partial charge in [0.2, 0.25) is 0 Å². The van der Waals surface area contributed by atoms with E-state index in [1.165, 1.54) is 12.1 Å². The fourth-order valence-electron chi connectivity index (χ4n) is 1.40. The fraction of sp³-hybridized carbons (Fsp3) is 0.500. The van der Waals surface area contributed by atoms with E-state index in [2.05, 4.69) is 0 Å². The Morgan fingerprint density at radius 1 is 1.18 bits per heavy atom. The van der Waals surface area contributed by atoms with Crippen LogP contribution in [0.4, 0.5) is 4.39 Å². The molecule has 0 amide bonds. The predicted octanol–water partition coefficient (Wildman–Crippen LogP) is 3.45. The van der Waals surface area contributed by atoms with Crippen molar-refractivity contribution in [2.24, 2.45) is 0 Å². The molecule has 3 heteroatoms. The molecule has 0 radical (unpaired) electrons. The van der Waals surface area contributed by atoms with Crippen molar-refractivity contribution in [3.8, 4) is 0 Å². The summed E-state index contributed by atoms with van der Waals surface area (Å²) in [5.41, 5.74) is -0.774. The zero-order chi connectivity index (χ0) is 13.3. The van der Waals surface area contributed by atoms with Crippen LogP contribution in [-0.4, -0.2) is 11.6 Å². The van der Waals surface area contributed by atoms with Gasteiger partial charge >= 0.3 is 5.97 Å². The highest BCUT2D eigenvalue weighted by molar-refractivity contribution is 5.82. The van der Waals surface area contributed by atoms with Crippen LogP contribution in [0, 0.1) is 5.82 Å². The van der Waals surface area contributed by atoms with Gasteiger partial charge in [0, 0.05) is 0 Å². The number of carbonyl (C=O) groups excluding carboxylic acids is 1. The SMILES string of the molecule is CC(C)(C)OC(=O)C(C)(C)c1cccc(F)c1. The molecule has 0 aromatic heterocycles. The van der Waals surface area contributed by atoms with Crippen molar-refractivity contribution < 1.29 is 13.9 Å². The van der Waals surface area contributed by atoms with Gasteiger partial charge in [-0.25, -0.2) is 4.39 Å². The first-order chi connectivity index (χ1) is 7.63. The van der Waals surface area contributed by atoms with Crippen molar-refractivity contribution in [3.63, 3.8) is 0 Å². The van der Waals surface area contributed by atoms with E-state index in [1.54, 1.807) is 26.0 Å². The van der Waals surface area contributed by atoms with Crippen molar-refractivity contribution in [1.29, 1.82) is 0 Å². The maximum Gasteiger partial charge on any atom is 0.316 e. The average molecular weight is 238 g/mol. The highest BCUT2D eigenvalue weighted by Gasteiger charge is 2.34. The minimum atomic E-state index is -0.852. The summed E-state index contributed by atoms with van der Waals surface area (Å²) in [6, 6.07) is 6.04. The van der Waals surface area contributed by atoms with E-state index in [0.29, 0.717) is 5.56 Å². The van der Waals surface area contributed by atoms with Crippen molar-refractivity contribution in [2.45, 2.75) is 45.6 Å². The molecule has 0 saturated heterocycles. The molecule has 0 bridgehead atoms. The van der Waals surface area contributed by atoms with Crippen LogP contribution in [-0.2, 0) is 14.9 Å². The van der Waals surface area contributed by atoms with Crippen LogP contribution < -0.4 is 0 Å². The largest absolute Gasteiger partial charge is 0.459 e. The van der Waals surface area contributed by atoms with Crippen LogP contribution >= 0.6 is 0 Å². The van der Waals surface area contributed by atoms with Crippen molar-refractivity contribution in [2.75, 3.05) is 0 Å². The quantitative estimate of drug-likeness (QED) is 0.738. The van der Waals surface area contributed by atoms with Crippen LogP contribution in [0.15, 0.2) is 24.3 Å². The second kappa shape index (κ2) is 4.47. The summed E-state index contributed by atoms with van der Waals surface area (Å²) in [5, 5.41) is 0. The Balaban J connectivity index is 2.99. The summed E-state index contributed by atoms with van der Waals surface area (Å²) in [5.74, 6) is -0.699. The monoisotopic (exact) mass is 238 g/mol. The second-order valence-electron chi connectivity index (χ2n) is 5.64. The summed E-state index contributed by atoms with van der Waals surface area (Å²) in [7, 11) is 0. The minimum absolute atomic E-state index is 0.348. The molecule has 1 aromatic carbocycles. The van der Waals surface area contributed by atoms with E-state index in [-0.39, 0.29) is 11.8 Å². The van der Waals surface area contributed by atoms with Gasteiger partial charge in [0.1, 0.15) is 11.4 Å². The molecule has 0 spiro atoms. The van der Waals surface area contributed by atoms with E-state index in [0.717, 1.165) is 0 Å². The molecule has 1 rings (SSSR count). The Hall–Kier alpha value is -1.38. The third-order valence-corrected chi connectivity index (χ3v) is 2.46. The van der Waals surface area contributed by atoms with Gasteiger partial charge in [0.05, 0.1) is 5.41 Å². The number of hydrogen-bond donors (Lipinski definition) is 0. The molecule has 0 atom stereocenters. The maximum absolute atomic E-state index is 13.1. The lowest BCUT2D eigenvalue weighted by molar-refractivity contribution is -0.160. The number of ether oxygens (including phenoxy) is 1. The van der Waals surface area contributed by atoms with Crippen LogP contribution in [0.2, 0.25) is 0 Å². The lowest BCUT2D eigenvalue weighted by Crippen LogP contribution is -2.36. The maximum atomic E-state index is 13.1.